The molecule has 1 N–H and O–H groups in total. The Balaban J connectivity index is 1.83. The fourth-order valence-corrected chi connectivity index (χ4v) is 2.46. The van der Waals surface area contributed by atoms with Crippen LogP contribution in [-0.2, 0) is 13.1 Å². The van der Waals surface area contributed by atoms with E-state index in [9.17, 15) is 10.0 Å². The first kappa shape index (κ1) is 17.1. The Bertz CT molecular complexity index is 646. The normalized spacial score (nSPS) is 11.1. The van der Waals surface area contributed by atoms with Crippen molar-refractivity contribution in [2.75, 3.05) is 27.2 Å². The molecular weight excluding hydrogens is 290 g/mol. The predicted molar refractivity (Wildman–Crippen MR) is 92.7 cm³/mol. The Morgan fingerprint density at radius 1 is 0.870 bits per heavy atom. The Kier molecular flexibility index (Phi) is 6.26. The number of rotatable bonds is 8. The summed E-state index contributed by atoms with van der Waals surface area (Å²) in [6.45, 7) is 3.11. The van der Waals surface area contributed by atoms with E-state index < -0.39 is 0 Å². The summed E-state index contributed by atoms with van der Waals surface area (Å²) in [6.07, 6.45) is 0. The zero-order chi connectivity index (χ0) is 16.7. The maximum absolute atomic E-state index is 10.8. The molecule has 0 unspecified atom stereocenters. The molecule has 0 radical (unpaired) electrons. The molecule has 0 fully saturated rings. The summed E-state index contributed by atoms with van der Waals surface area (Å²) >= 11 is 0. The summed E-state index contributed by atoms with van der Waals surface area (Å²) < 4.78 is 0. The lowest BCUT2D eigenvalue weighted by molar-refractivity contribution is 0.245. The molecule has 0 aliphatic heterocycles. The lowest BCUT2D eigenvalue weighted by atomic mass is 10.1. The summed E-state index contributed by atoms with van der Waals surface area (Å²) in [5.41, 5.74) is 2.36. The Morgan fingerprint density at radius 2 is 1.39 bits per heavy atom. The molecule has 0 bridgehead atoms. The van der Waals surface area contributed by atoms with Crippen LogP contribution >= 0.6 is 0 Å². The third-order valence-corrected chi connectivity index (χ3v) is 3.83. The van der Waals surface area contributed by atoms with Crippen molar-refractivity contribution in [3.05, 3.63) is 64.6 Å². The molecule has 0 heterocycles. The van der Waals surface area contributed by atoms with Gasteiger partial charge in [0.05, 0.1) is 0 Å². The van der Waals surface area contributed by atoms with Crippen molar-refractivity contribution in [2.24, 2.45) is 5.18 Å². The largest absolute Gasteiger partial charge is 0.508 e. The van der Waals surface area contributed by atoms with Crippen LogP contribution in [-0.4, -0.2) is 42.1 Å². The minimum Gasteiger partial charge on any atom is -0.508 e. The van der Waals surface area contributed by atoms with Crippen molar-refractivity contribution < 1.29 is 5.11 Å². The molecule has 5 heteroatoms. The standard InChI is InChI=1S/C18H23N3O2/c1-20(13-15-7-3-5-9-17(15)19-23)11-12-21(2)14-16-8-4-6-10-18(16)22/h3-10,22H,11-14H2,1-2H3. The third-order valence-electron chi connectivity index (χ3n) is 3.83. The van der Waals surface area contributed by atoms with Crippen LogP contribution in [0.5, 0.6) is 5.75 Å². The van der Waals surface area contributed by atoms with Crippen LogP contribution in [0.15, 0.2) is 53.7 Å². The van der Waals surface area contributed by atoms with E-state index in [0.29, 0.717) is 24.5 Å². The maximum Gasteiger partial charge on any atom is 0.120 e. The number of nitrogens with zero attached hydrogens (tertiary/aromatic N) is 3. The minimum atomic E-state index is 0.332. The second kappa shape index (κ2) is 8.41. The fraction of sp³-hybridized carbons (Fsp3) is 0.333. The third kappa shape index (κ3) is 5.16. The minimum absolute atomic E-state index is 0.332. The Labute approximate surface area is 137 Å². The number of hydrogen-bond donors (Lipinski definition) is 1. The zero-order valence-corrected chi connectivity index (χ0v) is 13.6. The van der Waals surface area contributed by atoms with Gasteiger partial charge in [-0.2, -0.15) is 0 Å². The number of likely N-dealkylation sites (N-methyl/N-ethyl adjacent to an activating group) is 2. The van der Waals surface area contributed by atoms with E-state index in [1.165, 1.54) is 0 Å². The van der Waals surface area contributed by atoms with E-state index >= 15 is 0 Å². The van der Waals surface area contributed by atoms with E-state index in [1.807, 2.05) is 50.5 Å². The van der Waals surface area contributed by atoms with E-state index in [1.54, 1.807) is 12.1 Å². The molecule has 0 amide bonds. The van der Waals surface area contributed by atoms with E-state index in [2.05, 4.69) is 15.0 Å². The molecule has 23 heavy (non-hydrogen) atoms. The predicted octanol–water partition coefficient (Wildman–Crippen LogP) is 3.35. The molecule has 2 aromatic carbocycles. The van der Waals surface area contributed by atoms with Crippen LogP contribution in [0.2, 0.25) is 0 Å². The second-order valence-corrected chi connectivity index (χ2v) is 5.82. The number of benzene rings is 2. The van der Waals surface area contributed by atoms with Gasteiger partial charge in [0.2, 0.25) is 0 Å². The van der Waals surface area contributed by atoms with Gasteiger partial charge < -0.3 is 14.9 Å². The lowest BCUT2D eigenvalue weighted by Gasteiger charge is -2.22. The van der Waals surface area contributed by atoms with E-state index in [-0.39, 0.29) is 0 Å². The highest BCUT2D eigenvalue weighted by atomic mass is 16.3. The summed E-state index contributed by atoms with van der Waals surface area (Å²) in [5, 5.41) is 12.9. The average molecular weight is 313 g/mol. The molecule has 122 valence electrons. The van der Waals surface area contributed by atoms with Gasteiger partial charge in [-0.05, 0) is 37.0 Å². The van der Waals surface area contributed by atoms with Crippen LogP contribution in [0.25, 0.3) is 0 Å². The first-order valence-corrected chi connectivity index (χ1v) is 7.65. The van der Waals surface area contributed by atoms with Gasteiger partial charge >= 0.3 is 0 Å². The van der Waals surface area contributed by atoms with Crippen molar-refractivity contribution in [3.8, 4) is 5.75 Å². The average Bonchev–Trinajstić information content (AvgIpc) is 2.55. The van der Waals surface area contributed by atoms with Gasteiger partial charge in [0.15, 0.2) is 0 Å². The second-order valence-electron chi connectivity index (χ2n) is 5.82. The number of phenolic OH excluding ortho intramolecular Hbond substituents is 1. The molecule has 0 atom stereocenters. The van der Waals surface area contributed by atoms with Crippen molar-refractivity contribution >= 4 is 5.69 Å². The van der Waals surface area contributed by atoms with E-state index in [0.717, 1.165) is 24.2 Å². The first-order valence-electron chi connectivity index (χ1n) is 7.65. The fourth-order valence-electron chi connectivity index (χ4n) is 2.46. The summed E-state index contributed by atoms with van der Waals surface area (Å²) in [7, 11) is 4.05. The van der Waals surface area contributed by atoms with Crippen molar-refractivity contribution in [3.63, 3.8) is 0 Å². The van der Waals surface area contributed by atoms with Gasteiger partial charge in [-0.3, -0.25) is 0 Å². The Hall–Kier alpha value is -2.24. The molecule has 0 aliphatic carbocycles. The van der Waals surface area contributed by atoms with Crippen LogP contribution in [0.1, 0.15) is 11.1 Å². The van der Waals surface area contributed by atoms with Crippen LogP contribution in [0.3, 0.4) is 0 Å². The summed E-state index contributed by atoms with van der Waals surface area (Å²) in [6, 6.07) is 14.8. The SMILES string of the molecule is CN(CCN(C)Cc1ccccc1N=O)Cc1ccccc1O. The highest BCUT2D eigenvalue weighted by Crippen LogP contribution is 2.20. The highest BCUT2D eigenvalue weighted by molar-refractivity contribution is 5.45. The molecule has 0 spiro atoms. The van der Waals surface area contributed by atoms with Gasteiger partial charge in [-0.15, -0.1) is 4.91 Å². The molecule has 2 aromatic rings. The molecule has 0 saturated heterocycles. The first-order chi connectivity index (χ1) is 11.1. The van der Waals surface area contributed by atoms with Crippen LogP contribution in [0.4, 0.5) is 5.69 Å². The number of aromatic hydroxyl groups is 1. The number of hydrogen-bond acceptors (Lipinski definition) is 5. The number of phenols is 1. The summed E-state index contributed by atoms with van der Waals surface area (Å²) in [5.74, 6) is 0.332. The molecule has 0 aromatic heterocycles. The van der Waals surface area contributed by atoms with Crippen LogP contribution in [0, 0.1) is 4.91 Å². The van der Waals surface area contributed by atoms with E-state index in [4.69, 9.17) is 0 Å². The van der Waals surface area contributed by atoms with Gasteiger partial charge in [-0.1, -0.05) is 36.4 Å². The Morgan fingerprint density at radius 3 is 2.00 bits per heavy atom. The zero-order valence-electron chi connectivity index (χ0n) is 13.6. The van der Waals surface area contributed by atoms with Gasteiger partial charge in [0, 0.05) is 31.7 Å². The summed E-state index contributed by atoms with van der Waals surface area (Å²) in [4.78, 5) is 15.1. The molecular formula is C18H23N3O2. The van der Waals surface area contributed by atoms with Gasteiger partial charge in [0.25, 0.3) is 0 Å². The smallest absolute Gasteiger partial charge is 0.120 e. The van der Waals surface area contributed by atoms with Crippen molar-refractivity contribution in [2.45, 2.75) is 13.1 Å². The monoisotopic (exact) mass is 313 g/mol. The van der Waals surface area contributed by atoms with Crippen molar-refractivity contribution in [1.29, 1.82) is 0 Å². The lowest BCUT2D eigenvalue weighted by Crippen LogP contribution is -2.30. The van der Waals surface area contributed by atoms with Crippen LogP contribution < -0.4 is 0 Å². The molecule has 0 saturated carbocycles. The number of nitroso groups, excluding NO2 is 1. The molecule has 5 nitrogen and oxygen atoms in total. The highest BCUT2D eigenvalue weighted by Gasteiger charge is 2.08. The quantitative estimate of drug-likeness (QED) is 0.759. The van der Waals surface area contributed by atoms with Crippen molar-refractivity contribution in [1.82, 2.24) is 9.80 Å². The van der Waals surface area contributed by atoms with Gasteiger partial charge in [0.1, 0.15) is 11.4 Å². The number of para-hydroxylation sites is 1. The topological polar surface area (TPSA) is 56.1 Å². The molecule has 2 rings (SSSR count). The molecule has 0 aliphatic rings. The van der Waals surface area contributed by atoms with Gasteiger partial charge in [-0.25, -0.2) is 0 Å². The maximum atomic E-state index is 10.8.